The van der Waals surface area contributed by atoms with E-state index in [0.717, 1.165) is 0 Å². The lowest BCUT2D eigenvalue weighted by atomic mass is 9.71. The molecule has 52 heavy (non-hydrogen) atoms. The number of fused-ring (bicyclic) bond motifs is 2. The minimum Gasteiger partial charge on any atom is -0.481 e. The van der Waals surface area contributed by atoms with Gasteiger partial charge >= 0.3 is 12.4 Å². The number of terminal acetylenes is 2. The summed E-state index contributed by atoms with van der Waals surface area (Å²) in [5, 5.41) is 0. The number of carbonyl (C=O) groups excluding carboxylic acids is 4. The molecule has 8 nitrogen and oxygen atoms in total. The summed E-state index contributed by atoms with van der Waals surface area (Å²) in [5.74, 6) is 0.735. The fraction of sp³-hybridized carbons (Fsp3) is 0.158. The molecule has 2 aliphatic heterocycles. The molecule has 2 aliphatic rings. The van der Waals surface area contributed by atoms with E-state index in [9.17, 15) is 19.2 Å². The minimum absolute atomic E-state index is 0. The average molecular weight is 719 g/mol. The van der Waals surface area contributed by atoms with Crippen molar-refractivity contribution in [2.45, 2.75) is 25.2 Å². The van der Waals surface area contributed by atoms with Crippen molar-refractivity contribution >= 4 is 35.0 Å². The fourth-order valence-electron chi connectivity index (χ4n) is 6.03. The van der Waals surface area contributed by atoms with Crippen LogP contribution in [-0.4, -0.2) is 49.2 Å². The zero-order chi connectivity index (χ0) is 36.9. The number of amides is 4. The van der Waals surface area contributed by atoms with E-state index in [2.05, 4.69) is 11.8 Å². The lowest BCUT2D eigenvalue weighted by molar-refractivity contribution is -0.288. The number of alkyl halides is 6. The Morgan fingerprint density at radius 2 is 0.846 bits per heavy atom. The van der Waals surface area contributed by atoms with Crippen molar-refractivity contribution in [1.29, 1.82) is 0 Å². The highest BCUT2D eigenvalue weighted by Crippen LogP contribution is 2.57. The summed E-state index contributed by atoms with van der Waals surface area (Å²) in [6.07, 6.45) is -1.93. The third kappa shape index (κ3) is 5.68. The standard InChI is InChI=1S/C37H20F6N2O6.CH4/c1-3-17-50-25-11-7-23(8-12-25)44-31(46)27-15-5-21(19-29(27)33(44)48)35(36(38,39)40,37(41,42)43)22-6-16-28-30(20-22)34(49)45(32(28)47)24-9-13-26(14-10-24)51-18-4-2;/h1-2,5-16,19-20H,17-18H2;1H4. The topological polar surface area (TPSA) is 93.2 Å². The van der Waals surface area contributed by atoms with E-state index in [4.69, 9.17) is 22.3 Å². The van der Waals surface area contributed by atoms with Crippen LogP contribution in [0.2, 0.25) is 0 Å². The van der Waals surface area contributed by atoms with Crippen LogP contribution in [0.4, 0.5) is 37.7 Å². The second kappa shape index (κ2) is 13.3. The summed E-state index contributed by atoms with van der Waals surface area (Å²) in [7, 11) is 0. The molecule has 0 aliphatic carbocycles. The van der Waals surface area contributed by atoms with Crippen molar-refractivity contribution in [2.24, 2.45) is 0 Å². The maximum absolute atomic E-state index is 15.1. The molecule has 0 radical (unpaired) electrons. The normalized spacial score (nSPS) is 14.0. The number of imide groups is 2. The van der Waals surface area contributed by atoms with Gasteiger partial charge in [-0.25, -0.2) is 9.80 Å². The zero-order valence-corrected chi connectivity index (χ0v) is 25.8. The van der Waals surface area contributed by atoms with Crippen LogP contribution in [0.25, 0.3) is 0 Å². The van der Waals surface area contributed by atoms with Gasteiger partial charge in [-0.1, -0.05) is 31.4 Å². The molecule has 0 fully saturated rings. The summed E-state index contributed by atoms with van der Waals surface area (Å²) in [5.41, 5.74) is -10.1. The molecule has 0 bridgehead atoms. The van der Waals surface area contributed by atoms with E-state index in [1.807, 2.05) is 0 Å². The zero-order valence-electron chi connectivity index (χ0n) is 25.8. The Morgan fingerprint density at radius 3 is 1.15 bits per heavy atom. The Morgan fingerprint density at radius 1 is 0.519 bits per heavy atom. The van der Waals surface area contributed by atoms with Crippen LogP contribution in [0.1, 0.15) is 60.0 Å². The second-order valence-corrected chi connectivity index (χ2v) is 11.1. The molecule has 6 rings (SSSR count). The van der Waals surface area contributed by atoms with Gasteiger partial charge in [-0.05, 0) is 83.9 Å². The highest BCUT2D eigenvalue weighted by atomic mass is 19.4. The molecule has 0 atom stereocenters. The van der Waals surface area contributed by atoms with E-state index in [1.54, 1.807) is 0 Å². The number of hydrogen-bond donors (Lipinski definition) is 0. The SMILES string of the molecule is C.C#CCOc1ccc(N2C(=O)c3ccc(C(c4ccc5c(c4)C(=O)N(c4ccc(OCC#C)cc4)C5=O)(C(F)(F)F)C(F)(F)F)cc3C2=O)cc1. The quantitative estimate of drug-likeness (QED) is 0.107. The first-order valence-corrected chi connectivity index (χ1v) is 14.7. The number of carbonyl (C=O) groups is 4. The fourth-order valence-corrected chi connectivity index (χ4v) is 6.03. The van der Waals surface area contributed by atoms with E-state index in [-0.39, 0.29) is 43.5 Å². The number of anilines is 2. The molecule has 14 heteroatoms. The largest absolute Gasteiger partial charge is 0.481 e. The maximum atomic E-state index is 15.1. The number of hydrogen-bond acceptors (Lipinski definition) is 6. The predicted molar refractivity (Wildman–Crippen MR) is 176 cm³/mol. The molecular formula is C38H24F6N2O6. The summed E-state index contributed by atoms with van der Waals surface area (Å²) < 4.78 is 101. The van der Waals surface area contributed by atoms with Crippen molar-refractivity contribution in [1.82, 2.24) is 0 Å². The van der Waals surface area contributed by atoms with Gasteiger partial charge in [0.2, 0.25) is 5.41 Å². The van der Waals surface area contributed by atoms with Crippen molar-refractivity contribution in [3.63, 3.8) is 0 Å². The highest BCUT2D eigenvalue weighted by Gasteiger charge is 2.73. The maximum Gasteiger partial charge on any atom is 0.411 e. The van der Waals surface area contributed by atoms with Crippen molar-refractivity contribution in [3.8, 4) is 36.2 Å². The van der Waals surface area contributed by atoms with Gasteiger partial charge in [-0.3, -0.25) is 19.2 Å². The van der Waals surface area contributed by atoms with E-state index < -0.39 is 74.8 Å². The lowest BCUT2D eigenvalue weighted by Gasteiger charge is -2.38. The number of benzene rings is 4. The average Bonchev–Trinajstić information content (AvgIpc) is 3.49. The number of halogens is 6. The van der Waals surface area contributed by atoms with Gasteiger partial charge in [0.05, 0.1) is 33.6 Å². The molecule has 0 aromatic heterocycles. The predicted octanol–water partition coefficient (Wildman–Crippen LogP) is 7.36. The Balaban J connectivity index is 0.00000523. The molecule has 4 amide bonds. The Kier molecular flexibility index (Phi) is 9.40. The smallest absolute Gasteiger partial charge is 0.411 e. The summed E-state index contributed by atoms with van der Waals surface area (Å²) in [4.78, 5) is 54.5. The molecule has 4 aromatic carbocycles. The van der Waals surface area contributed by atoms with E-state index in [1.165, 1.54) is 48.5 Å². The van der Waals surface area contributed by atoms with Gasteiger partial charge in [-0.2, -0.15) is 26.3 Å². The van der Waals surface area contributed by atoms with Gasteiger partial charge in [0.1, 0.15) is 24.7 Å². The van der Waals surface area contributed by atoms with Gasteiger partial charge in [0.15, 0.2) is 0 Å². The van der Waals surface area contributed by atoms with Crippen molar-refractivity contribution in [2.75, 3.05) is 23.0 Å². The van der Waals surface area contributed by atoms with E-state index >= 15 is 26.3 Å². The second-order valence-electron chi connectivity index (χ2n) is 11.1. The molecular weight excluding hydrogens is 694 g/mol. The molecule has 2 heterocycles. The van der Waals surface area contributed by atoms with Gasteiger partial charge in [-0.15, -0.1) is 12.8 Å². The number of rotatable bonds is 8. The van der Waals surface area contributed by atoms with Gasteiger partial charge in [0, 0.05) is 0 Å². The van der Waals surface area contributed by atoms with E-state index in [0.29, 0.717) is 46.2 Å². The van der Waals surface area contributed by atoms with Crippen molar-refractivity contribution < 1.29 is 55.0 Å². The number of nitrogens with zero attached hydrogens (tertiary/aromatic N) is 2. The first kappa shape index (κ1) is 36.7. The summed E-state index contributed by atoms with van der Waals surface area (Å²) in [6, 6.07) is 13.7. The van der Waals surface area contributed by atoms with Crippen LogP contribution in [-0.2, 0) is 5.41 Å². The third-order valence-electron chi connectivity index (χ3n) is 8.32. The molecule has 0 N–H and O–H groups in total. The van der Waals surface area contributed by atoms with Crippen molar-refractivity contribution in [3.05, 3.63) is 118 Å². The molecule has 0 saturated carbocycles. The third-order valence-corrected chi connectivity index (χ3v) is 8.32. The van der Waals surface area contributed by atoms with Crippen LogP contribution in [0.5, 0.6) is 11.5 Å². The molecule has 0 saturated heterocycles. The van der Waals surface area contributed by atoms with Crippen LogP contribution in [0.3, 0.4) is 0 Å². The first-order valence-electron chi connectivity index (χ1n) is 14.7. The molecule has 4 aromatic rings. The van der Waals surface area contributed by atoms with Crippen LogP contribution in [0, 0.1) is 24.7 Å². The van der Waals surface area contributed by atoms with Gasteiger partial charge < -0.3 is 9.47 Å². The Hall–Kier alpha value is -6.54. The molecule has 0 spiro atoms. The number of ether oxygens (including phenoxy) is 2. The Labute approximate surface area is 292 Å². The summed E-state index contributed by atoms with van der Waals surface area (Å²) in [6.45, 7) is -0.166. The molecule has 0 unspecified atom stereocenters. The highest BCUT2D eigenvalue weighted by molar-refractivity contribution is 6.35. The minimum atomic E-state index is -6.12. The monoisotopic (exact) mass is 718 g/mol. The van der Waals surface area contributed by atoms with Gasteiger partial charge in [0.25, 0.3) is 23.6 Å². The van der Waals surface area contributed by atoms with Crippen LogP contribution < -0.4 is 19.3 Å². The van der Waals surface area contributed by atoms with Crippen LogP contribution >= 0.6 is 0 Å². The molecule has 264 valence electrons. The lowest BCUT2D eigenvalue weighted by Crippen LogP contribution is -2.55. The van der Waals surface area contributed by atoms with Crippen LogP contribution in [0.15, 0.2) is 84.9 Å². The Bertz CT molecular complexity index is 2040. The summed E-state index contributed by atoms with van der Waals surface area (Å²) >= 11 is 0. The first-order chi connectivity index (χ1) is 24.1.